The number of urea groups is 1. The summed E-state index contributed by atoms with van der Waals surface area (Å²) in [6, 6.07) is 16.7. The number of imide groups is 1. The van der Waals surface area contributed by atoms with E-state index in [1.165, 1.54) is 5.56 Å². The second kappa shape index (κ2) is 9.33. The smallest absolute Gasteiger partial charge is 0.319 e. The Balaban J connectivity index is 2.33. The van der Waals surface area contributed by atoms with Crippen molar-refractivity contribution in [3.05, 3.63) is 71.3 Å². The van der Waals surface area contributed by atoms with Gasteiger partial charge in [-0.1, -0.05) is 82.3 Å². The Morgan fingerprint density at radius 2 is 1.41 bits per heavy atom. The lowest BCUT2D eigenvalue weighted by molar-refractivity contribution is -0.728. The Hall–Kier alpha value is -2.66. The monoisotopic (exact) mass is 368 g/mol. The number of amides is 3. The van der Waals surface area contributed by atoms with Crippen molar-refractivity contribution in [1.82, 2.24) is 5.32 Å². The highest BCUT2D eigenvalue weighted by atomic mass is 16.2. The molecule has 2 aromatic rings. The van der Waals surface area contributed by atoms with E-state index in [1.807, 2.05) is 35.6 Å². The van der Waals surface area contributed by atoms with Crippen molar-refractivity contribution < 1.29 is 14.9 Å². The third kappa shape index (κ3) is 5.66. The van der Waals surface area contributed by atoms with Crippen LogP contribution < -0.4 is 16.4 Å². The maximum Gasteiger partial charge on any atom is 0.319 e. The molecule has 2 atom stereocenters. The normalized spacial score (nSPS) is 13.4. The van der Waals surface area contributed by atoms with Crippen LogP contribution in [0.1, 0.15) is 62.4 Å². The fourth-order valence-corrected chi connectivity index (χ4v) is 3.24. The zero-order valence-corrected chi connectivity index (χ0v) is 16.5. The molecule has 27 heavy (non-hydrogen) atoms. The van der Waals surface area contributed by atoms with E-state index in [2.05, 4.69) is 57.3 Å². The first kappa shape index (κ1) is 20.6. The van der Waals surface area contributed by atoms with Gasteiger partial charge >= 0.3 is 6.03 Å². The van der Waals surface area contributed by atoms with Crippen molar-refractivity contribution in [2.24, 2.45) is 11.7 Å². The number of nitrogens with one attached hydrogen (secondary N) is 1. The second-order valence-corrected chi connectivity index (χ2v) is 7.53. The van der Waals surface area contributed by atoms with Gasteiger partial charge in [-0.15, -0.1) is 0 Å². The average Bonchev–Trinajstić information content (AvgIpc) is 2.62. The quantitative estimate of drug-likeness (QED) is 0.701. The molecule has 0 saturated heterocycles. The van der Waals surface area contributed by atoms with Crippen molar-refractivity contribution in [2.45, 2.75) is 45.7 Å². The molecule has 0 spiro atoms. The van der Waals surface area contributed by atoms with Crippen LogP contribution in [0, 0.1) is 5.92 Å². The van der Waals surface area contributed by atoms with Crippen molar-refractivity contribution in [2.75, 3.05) is 0 Å². The third-order valence-corrected chi connectivity index (χ3v) is 4.79. The Labute approximate surface area is 161 Å². The van der Waals surface area contributed by atoms with Gasteiger partial charge in [0.1, 0.15) is 6.04 Å². The predicted molar refractivity (Wildman–Crippen MR) is 107 cm³/mol. The summed E-state index contributed by atoms with van der Waals surface area (Å²) in [5, 5.41) is 4.25. The molecule has 2 rings (SSSR count). The van der Waals surface area contributed by atoms with E-state index in [-0.39, 0.29) is 6.04 Å². The number of hydrogen-bond acceptors (Lipinski definition) is 2. The number of carbonyl (C=O) groups is 2. The van der Waals surface area contributed by atoms with Crippen LogP contribution in [-0.4, -0.2) is 11.9 Å². The van der Waals surface area contributed by atoms with Crippen LogP contribution in [0.25, 0.3) is 0 Å². The summed E-state index contributed by atoms with van der Waals surface area (Å²) >= 11 is 0. The van der Waals surface area contributed by atoms with Crippen molar-refractivity contribution in [1.29, 1.82) is 0 Å². The fourth-order valence-electron chi connectivity index (χ4n) is 3.24. The molecule has 3 amide bonds. The molecule has 5 heteroatoms. The number of primary amides is 1. The molecule has 5 N–H and O–H groups in total. The molecule has 0 saturated carbocycles. The van der Waals surface area contributed by atoms with Gasteiger partial charge in [0.2, 0.25) is 0 Å². The molecule has 0 aliphatic rings. The lowest BCUT2D eigenvalue weighted by Gasteiger charge is -2.25. The zero-order valence-electron chi connectivity index (χ0n) is 16.5. The lowest BCUT2D eigenvalue weighted by Crippen LogP contribution is -2.89. The summed E-state index contributed by atoms with van der Waals surface area (Å²) in [6.07, 6.45) is 0. The number of hydrogen-bond donors (Lipinski definition) is 3. The SMILES string of the molecule is CC(C)c1ccc([C@@H]([NH2+][C@H](C(=O)NC(N)=O)c2ccccc2)C(C)C)cc1. The molecule has 0 aliphatic carbocycles. The largest absolute Gasteiger partial charge is 0.351 e. The van der Waals surface area contributed by atoms with Crippen LogP contribution >= 0.6 is 0 Å². The van der Waals surface area contributed by atoms with E-state index < -0.39 is 18.0 Å². The fraction of sp³-hybridized carbons (Fsp3) is 0.364. The molecular weight excluding hydrogens is 338 g/mol. The van der Waals surface area contributed by atoms with Crippen molar-refractivity contribution in [3.8, 4) is 0 Å². The van der Waals surface area contributed by atoms with E-state index >= 15 is 0 Å². The standard InChI is InChI=1S/C22H29N3O2/c1-14(2)16-10-12-18(13-11-16)19(15(3)4)24-20(21(26)25-22(23)27)17-8-6-5-7-9-17/h5-15,19-20,24H,1-4H3,(H3,23,25,26,27)/p+1/t19-,20-/m0/s1. The van der Waals surface area contributed by atoms with E-state index in [0.29, 0.717) is 11.8 Å². The minimum Gasteiger partial charge on any atom is -0.351 e. The highest BCUT2D eigenvalue weighted by molar-refractivity contribution is 5.96. The minimum atomic E-state index is -0.836. The second-order valence-electron chi connectivity index (χ2n) is 7.53. The summed E-state index contributed by atoms with van der Waals surface area (Å²) in [7, 11) is 0. The number of quaternary nitrogens is 1. The van der Waals surface area contributed by atoms with Gasteiger partial charge in [0, 0.05) is 17.0 Å². The summed E-state index contributed by atoms with van der Waals surface area (Å²) < 4.78 is 0. The lowest BCUT2D eigenvalue weighted by atomic mass is 9.92. The minimum absolute atomic E-state index is 0.0649. The van der Waals surface area contributed by atoms with E-state index in [0.717, 1.165) is 11.1 Å². The molecule has 144 valence electrons. The van der Waals surface area contributed by atoms with E-state index in [4.69, 9.17) is 5.73 Å². The first-order valence-corrected chi connectivity index (χ1v) is 9.39. The Bertz CT molecular complexity index is 755. The van der Waals surface area contributed by atoms with Gasteiger partial charge in [0.25, 0.3) is 5.91 Å². The highest BCUT2D eigenvalue weighted by Crippen LogP contribution is 2.23. The van der Waals surface area contributed by atoms with Gasteiger partial charge in [-0.25, -0.2) is 4.79 Å². The number of carbonyl (C=O) groups excluding carboxylic acids is 2. The van der Waals surface area contributed by atoms with Gasteiger partial charge in [-0.3, -0.25) is 10.1 Å². The first-order valence-electron chi connectivity index (χ1n) is 9.39. The van der Waals surface area contributed by atoms with Crippen LogP contribution in [-0.2, 0) is 4.79 Å². The molecule has 0 bridgehead atoms. The summed E-state index contributed by atoms with van der Waals surface area (Å²) in [5.74, 6) is 0.361. The van der Waals surface area contributed by atoms with Gasteiger partial charge in [-0.05, 0) is 11.5 Å². The zero-order chi connectivity index (χ0) is 20.0. The van der Waals surface area contributed by atoms with Crippen LogP contribution in [0.3, 0.4) is 0 Å². The van der Waals surface area contributed by atoms with Gasteiger partial charge in [0.05, 0.1) is 0 Å². The van der Waals surface area contributed by atoms with Crippen LogP contribution in [0.5, 0.6) is 0 Å². The number of benzene rings is 2. The average molecular weight is 369 g/mol. The number of nitrogens with two attached hydrogens (primary N) is 2. The molecule has 0 aliphatic heterocycles. The maximum absolute atomic E-state index is 12.6. The summed E-state index contributed by atoms with van der Waals surface area (Å²) in [5.41, 5.74) is 8.44. The predicted octanol–water partition coefficient (Wildman–Crippen LogP) is 3.01. The highest BCUT2D eigenvalue weighted by Gasteiger charge is 2.31. The molecular formula is C22H30N3O2+. The molecule has 0 fully saturated rings. The van der Waals surface area contributed by atoms with E-state index in [1.54, 1.807) is 0 Å². The summed E-state index contributed by atoms with van der Waals surface area (Å²) in [6.45, 7) is 8.60. The number of rotatable bonds is 7. The van der Waals surface area contributed by atoms with Crippen molar-refractivity contribution in [3.63, 3.8) is 0 Å². The van der Waals surface area contributed by atoms with Crippen LogP contribution in [0.15, 0.2) is 54.6 Å². The molecule has 0 heterocycles. The van der Waals surface area contributed by atoms with Crippen LogP contribution in [0.4, 0.5) is 4.79 Å². The van der Waals surface area contributed by atoms with Gasteiger partial charge in [0.15, 0.2) is 6.04 Å². The molecule has 0 radical (unpaired) electrons. The van der Waals surface area contributed by atoms with E-state index in [9.17, 15) is 9.59 Å². The van der Waals surface area contributed by atoms with Crippen LogP contribution in [0.2, 0.25) is 0 Å². The van der Waals surface area contributed by atoms with Gasteiger partial charge < -0.3 is 11.1 Å². The summed E-state index contributed by atoms with van der Waals surface area (Å²) in [4.78, 5) is 23.9. The Morgan fingerprint density at radius 3 is 1.89 bits per heavy atom. The molecule has 0 unspecified atom stereocenters. The van der Waals surface area contributed by atoms with Crippen molar-refractivity contribution >= 4 is 11.9 Å². The first-order chi connectivity index (χ1) is 12.8. The van der Waals surface area contributed by atoms with Gasteiger partial charge in [-0.2, -0.15) is 0 Å². The molecule has 0 aromatic heterocycles. The molecule has 2 aromatic carbocycles. The molecule has 5 nitrogen and oxygen atoms in total. The topological polar surface area (TPSA) is 88.8 Å². The Morgan fingerprint density at radius 1 is 0.852 bits per heavy atom. The Kier molecular flexibility index (Phi) is 7.13. The maximum atomic E-state index is 12.6. The third-order valence-electron chi connectivity index (χ3n) is 4.79.